The molecular formula is C14H19Cl2FO. The molecule has 1 rings (SSSR count). The lowest BCUT2D eigenvalue weighted by Crippen LogP contribution is -2.25. The molecule has 0 aromatic heterocycles. The van der Waals surface area contributed by atoms with Gasteiger partial charge in [-0.3, -0.25) is 0 Å². The fourth-order valence-electron chi connectivity index (χ4n) is 2.18. The van der Waals surface area contributed by atoms with E-state index in [0.717, 1.165) is 12.8 Å². The normalized spacial score (nSPS) is 14.9. The zero-order chi connectivity index (χ0) is 13.9. The van der Waals surface area contributed by atoms with Crippen LogP contribution in [-0.4, -0.2) is 5.11 Å². The highest BCUT2D eigenvalue weighted by Gasteiger charge is 2.29. The van der Waals surface area contributed by atoms with Crippen molar-refractivity contribution in [2.75, 3.05) is 0 Å². The average molecular weight is 293 g/mol. The topological polar surface area (TPSA) is 20.2 Å². The summed E-state index contributed by atoms with van der Waals surface area (Å²) in [5.74, 6) is -0.171. The van der Waals surface area contributed by atoms with Crippen molar-refractivity contribution in [1.82, 2.24) is 0 Å². The number of benzene rings is 1. The minimum absolute atomic E-state index is 0.0258. The smallest absolute Gasteiger partial charge is 0.142 e. The Morgan fingerprint density at radius 1 is 1.22 bits per heavy atom. The van der Waals surface area contributed by atoms with Crippen LogP contribution < -0.4 is 0 Å². The second-order valence-electron chi connectivity index (χ2n) is 4.91. The summed E-state index contributed by atoms with van der Waals surface area (Å²) in [5.41, 5.74) is -0.739. The molecule has 0 fully saturated rings. The summed E-state index contributed by atoms with van der Waals surface area (Å²) >= 11 is 11.7. The first-order valence-corrected chi connectivity index (χ1v) is 6.94. The highest BCUT2D eigenvalue weighted by atomic mass is 35.5. The van der Waals surface area contributed by atoms with Crippen molar-refractivity contribution in [1.29, 1.82) is 0 Å². The third kappa shape index (κ3) is 3.59. The molecule has 0 saturated heterocycles. The standard InChI is InChI=1S/C14H19Cl2FO/c1-4-9(5-2)8-14(3,18)10-6-13(17)12(16)7-11(10)15/h6-7,9,18H,4-5,8H2,1-3H3. The molecular weight excluding hydrogens is 274 g/mol. The lowest BCUT2D eigenvalue weighted by Gasteiger charge is -2.29. The highest BCUT2D eigenvalue weighted by Crippen LogP contribution is 2.37. The molecule has 1 aromatic carbocycles. The van der Waals surface area contributed by atoms with Gasteiger partial charge in [0, 0.05) is 10.6 Å². The first-order chi connectivity index (χ1) is 8.31. The third-order valence-corrected chi connectivity index (χ3v) is 4.03. The summed E-state index contributed by atoms with van der Waals surface area (Å²) in [6, 6.07) is 2.57. The summed E-state index contributed by atoms with van der Waals surface area (Å²) in [4.78, 5) is 0. The van der Waals surface area contributed by atoms with Crippen molar-refractivity contribution in [3.05, 3.63) is 33.6 Å². The molecule has 0 bridgehead atoms. The van der Waals surface area contributed by atoms with Crippen LogP contribution in [-0.2, 0) is 5.60 Å². The lowest BCUT2D eigenvalue weighted by atomic mass is 9.84. The van der Waals surface area contributed by atoms with Crippen molar-refractivity contribution in [3.63, 3.8) is 0 Å². The van der Waals surface area contributed by atoms with E-state index in [0.29, 0.717) is 22.9 Å². The van der Waals surface area contributed by atoms with Gasteiger partial charge in [-0.25, -0.2) is 4.39 Å². The van der Waals surface area contributed by atoms with E-state index in [1.807, 2.05) is 0 Å². The Balaban J connectivity index is 3.07. The van der Waals surface area contributed by atoms with Gasteiger partial charge in [0.15, 0.2) is 0 Å². The van der Waals surface area contributed by atoms with E-state index in [2.05, 4.69) is 13.8 Å². The van der Waals surface area contributed by atoms with Crippen LogP contribution >= 0.6 is 23.2 Å². The summed E-state index contributed by atoms with van der Waals surface area (Å²) in [5, 5.41) is 10.8. The fourth-order valence-corrected chi connectivity index (χ4v) is 2.77. The molecule has 0 amide bonds. The van der Waals surface area contributed by atoms with Gasteiger partial charge >= 0.3 is 0 Å². The fraction of sp³-hybridized carbons (Fsp3) is 0.571. The number of hydrogen-bond donors (Lipinski definition) is 1. The summed E-state index contributed by atoms with van der Waals surface area (Å²) in [6.07, 6.45) is 2.50. The number of hydrogen-bond acceptors (Lipinski definition) is 1. The summed E-state index contributed by atoms with van der Waals surface area (Å²) < 4.78 is 13.5. The van der Waals surface area contributed by atoms with E-state index in [1.165, 1.54) is 12.1 Å². The molecule has 1 unspecified atom stereocenters. The summed E-state index contributed by atoms with van der Waals surface area (Å²) in [7, 11) is 0. The number of halogens is 3. The zero-order valence-electron chi connectivity index (χ0n) is 10.9. The van der Waals surface area contributed by atoms with Gasteiger partial charge in [0.2, 0.25) is 0 Å². The monoisotopic (exact) mass is 292 g/mol. The molecule has 0 radical (unpaired) electrons. The van der Waals surface area contributed by atoms with Gasteiger partial charge in [-0.2, -0.15) is 0 Å². The van der Waals surface area contributed by atoms with Crippen molar-refractivity contribution >= 4 is 23.2 Å². The van der Waals surface area contributed by atoms with E-state index in [4.69, 9.17) is 23.2 Å². The maximum Gasteiger partial charge on any atom is 0.142 e. The van der Waals surface area contributed by atoms with Gasteiger partial charge in [0.05, 0.1) is 10.6 Å². The molecule has 0 spiro atoms. The third-order valence-electron chi connectivity index (χ3n) is 3.43. The average Bonchev–Trinajstić information content (AvgIpc) is 2.30. The van der Waals surface area contributed by atoms with Gasteiger partial charge < -0.3 is 5.11 Å². The van der Waals surface area contributed by atoms with Gasteiger partial charge in [-0.05, 0) is 31.4 Å². The predicted octanol–water partition coefficient (Wildman–Crippen LogP) is 5.17. The maximum atomic E-state index is 13.5. The first-order valence-electron chi connectivity index (χ1n) is 6.19. The maximum absolute atomic E-state index is 13.5. The van der Waals surface area contributed by atoms with Crippen molar-refractivity contribution in [2.24, 2.45) is 5.92 Å². The Labute approximate surface area is 118 Å². The lowest BCUT2D eigenvalue weighted by molar-refractivity contribution is 0.0284. The molecule has 1 nitrogen and oxygen atoms in total. The van der Waals surface area contributed by atoms with Crippen LogP contribution in [0.4, 0.5) is 4.39 Å². The SMILES string of the molecule is CCC(CC)CC(C)(O)c1cc(F)c(Cl)cc1Cl. The van der Waals surface area contributed by atoms with Crippen LogP contribution in [0.5, 0.6) is 0 Å². The Bertz CT molecular complexity index is 415. The van der Waals surface area contributed by atoms with Gasteiger partial charge in [0.1, 0.15) is 5.82 Å². The number of aliphatic hydroxyl groups is 1. The zero-order valence-corrected chi connectivity index (χ0v) is 12.4. The number of rotatable bonds is 5. The molecule has 0 aliphatic carbocycles. The molecule has 0 saturated carbocycles. The molecule has 4 heteroatoms. The van der Waals surface area contributed by atoms with Crippen molar-refractivity contribution in [3.8, 4) is 0 Å². The van der Waals surface area contributed by atoms with E-state index in [9.17, 15) is 9.50 Å². The molecule has 102 valence electrons. The largest absolute Gasteiger partial charge is 0.385 e. The van der Waals surface area contributed by atoms with Crippen LogP contribution in [0.2, 0.25) is 10.0 Å². The molecule has 18 heavy (non-hydrogen) atoms. The molecule has 0 aliphatic rings. The Hall–Kier alpha value is -0.310. The minimum atomic E-state index is -1.14. The first kappa shape index (κ1) is 15.7. The van der Waals surface area contributed by atoms with Crippen LogP contribution in [0.3, 0.4) is 0 Å². The van der Waals surface area contributed by atoms with Gasteiger partial charge in [-0.1, -0.05) is 49.9 Å². The van der Waals surface area contributed by atoms with E-state index in [-0.39, 0.29) is 5.02 Å². The highest BCUT2D eigenvalue weighted by molar-refractivity contribution is 6.35. The molecule has 1 atom stereocenters. The Morgan fingerprint density at radius 3 is 2.28 bits per heavy atom. The predicted molar refractivity (Wildman–Crippen MR) is 74.7 cm³/mol. The van der Waals surface area contributed by atoms with E-state index in [1.54, 1.807) is 6.92 Å². The van der Waals surface area contributed by atoms with Crippen LogP contribution in [0.1, 0.15) is 45.6 Å². The van der Waals surface area contributed by atoms with E-state index >= 15 is 0 Å². The Kier molecular flexibility index (Phi) is 5.45. The van der Waals surface area contributed by atoms with Crippen LogP contribution in [0.25, 0.3) is 0 Å². The molecule has 0 aliphatic heterocycles. The quantitative estimate of drug-likeness (QED) is 0.743. The van der Waals surface area contributed by atoms with Gasteiger partial charge in [-0.15, -0.1) is 0 Å². The Morgan fingerprint density at radius 2 is 1.78 bits per heavy atom. The summed E-state index contributed by atoms with van der Waals surface area (Å²) in [6.45, 7) is 5.82. The molecule has 0 heterocycles. The molecule has 1 N–H and O–H groups in total. The van der Waals surface area contributed by atoms with Crippen molar-refractivity contribution in [2.45, 2.75) is 45.6 Å². The van der Waals surface area contributed by atoms with Crippen LogP contribution in [0.15, 0.2) is 12.1 Å². The minimum Gasteiger partial charge on any atom is -0.385 e. The molecule has 1 aromatic rings. The van der Waals surface area contributed by atoms with E-state index < -0.39 is 11.4 Å². The van der Waals surface area contributed by atoms with Crippen molar-refractivity contribution < 1.29 is 9.50 Å². The van der Waals surface area contributed by atoms with Gasteiger partial charge in [0.25, 0.3) is 0 Å². The second-order valence-corrected chi connectivity index (χ2v) is 5.72. The van der Waals surface area contributed by atoms with Crippen LogP contribution in [0, 0.1) is 11.7 Å². The second kappa shape index (κ2) is 6.23.